The monoisotopic (exact) mass is 320 g/mol. The predicted molar refractivity (Wildman–Crippen MR) is 86.3 cm³/mol. The highest BCUT2D eigenvalue weighted by molar-refractivity contribution is 7.16. The fraction of sp³-hybridized carbons (Fsp3) is 0.133. The Kier molecular flexibility index (Phi) is 3.86. The third-order valence-corrected chi connectivity index (χ3v) is 4.40. The molecular formula is C15H13ClN2O2S. The Hall–Kier alpha value is -1.98. The molecule has 0 amide bonds. The summed E-state index contributed by atoms with van der Waals surface area (Å²) >= 11 is 7.45. The number of carbonyl (C=O) groups excluding carboxylic acids is 1. The van der Waals surface area contributed by atoms with Crippen molar-refractivity contribution in [3.8, 4) is 0 Å². The Balaban J connectivity index is 1.89. The van der Waals surface area contributed by atoms with Crippen molar-refractivity contribution >= 4 is 45.5 Å². The number of H-pyrrole nitrogens is 1. The van der Waals surface area contributed by atoms with E-state index in [1.807, 2.05) is 24.3 Å². The fourth-order valence-corrected chi connectivity index (χ4v) is 3.21. The lowest BCUT2D eigenvalue weighted by molar-refractivity contribution is 0.0603. The van der Waals surface area contributed by atoms with Crippen LogP contribution in [-0.4, -0.2) is 18.1 Å². The molecular weight excluding hydrogens is 308 g/mol. The zero-order valence-electron chi connectivity index (χ0n) is 11.3. The molecule has 3 rings (SSSR count). The number of aromatic nitrogens is 1. The number of anilines is 1. The van der Waals surface area contributed by atoms with Crippen LogP contribution in [0.1, 0.15) is 15.2 Å². The number of rotatable bonds is 4. The summed E-state index contributed by atoms with van der Waals surface area (Å²) in [4.78, 5) is 16.1. The van der Waals surface area contributed by atoms with Crippen LogP contribution >= 0.6 is 22.9 Å². The number of methoxy groups -OCH3 is 1. The summed E-state index contributed by atoms with van der Waals surface area (Å²) in [5.41, 5.74) is 2.29. The highest BCUT2D eigenvalue weighted by Crippen LogP contribution is 2.26. The molecule has 0 saturated carbocycles. The number of halogens is 1. The van der Waals surface area contributed by atoms with E-state index in [0.29, 0.717) is 12.1 Å². The second-order valence-electron chi connectivity index (χ2n) is 4.51. The highest BCUT2D eigenvalue weighted by atomic mass is 35.5. The number of carbonyl (C=O) groups is 1. The van der Waals surface area contributed by atoms with Crippen LogP contribution in [0.15, 0.2) is 36.5 Å². The van der Waals surface area contributed by atoms with Crippen LogP contribution in [0, 0.1) is 0 Å². The van der Waals surface area contributed by atoms with Crippen LogP contribution in [0.5, 0.6) is 0 Å². The molecule has 0 atom stereocenters. The van der Waals surface area contributed by atoms with Crippen molar-refractivity contribution in [3.05, 3.63) is 51.3 Å². The topological polar surface area (TPSA) is 54.1 Å². The van der Waals surface area contributed by atoms with Crippen molar-refractivity contribution in [1.29, 1.82) is 0 Å². The number of hydrogen-bond acceptors (Lipinski definition) is 4. The maximum atomic E-state index is 11.9. The molecule has 108 valence electrons. The molecule has 2 aromatic heterocycles. The van der Waals surface area contributed by atoms with Crippen molar-refractivity contribution < 1.29 is 9.53 Å². The molecule has 0 aliphatic rings. The van der Waals surface area contributed by atoms with Gasteiger partial charge in [0.2, 0.25) is 0 Å². The predicted octanol–water partition coefficient (Wildman–Crippen LogP) is 4.28. The standard InChI is InChI=1S/C15H13ClN2O2S/c1-20-15(19)12-6-9(7-13-11(12)4-5-17-13)18-8-10-2-3-14(16)21-10/h2-7,17-18H,8H2,1H3. The van der Waals surface area contributed by atoms with Gasteiger partial charge in [0.1, 0.15) is 0 Å². The lowest BCUT2D eigenvalue weighted by Crippen LogP contribution is -2.04. The third kappa shape index (κ3) is 2.89. The fourth-order valence-electron chi connectivity index (χ4n) is 2.18. The van der Waals surface area contributed by atoms with Crippen LogP contribution in [-0.2, 0) is 11.3 Å². The van der Waals surface area contributed by atoms with E-state index in [1.165, 1.54) is 18.4 Å². The molecule has 0 aliphatic carbocycles. The maximum Gasteiger partial charge on any atom is 0.338 e. The smallest absolute Gasteiger partial charge is 0.338 e. The lowest BCUT2D eigenvalue weighted by Gasteiger charge is -2.08. The van der Waals surface area contributed by atoms with Crippen molar-refractivity contribution in [2.24, 2.45) is 0 Å². The summed E-state index contributed by atoms with van der Waals surface area (Å²) in [6.07, 6.45) is 1.81. The van der Waals surface area contributed by atoms with E-state index in [-0.39, 0.29) is 5.97 Å². The van der Waals surface area contributed by atoms with Gasteiger partial charge >= 0.3 is 5.97 Å². The van der Waals surface area contributed by atoms with Gasteiger partial charge in [-0.3, -0.25) is 0 Å². The van der Waals surface area contributed by atoms with E-state index in [0.717, 1.165) is 25.8 Å². The second-order valence-corrected chi connectivity index (χ2v) is 6.31. The van der Waals surface area contributed by atoms with Crippen LogP contribution in [0.2, 0.25) is 4.34 Å². The van der Waals surface area contributed by atoms with Crippen molar-refractivity contribution in [2.45, 2.75) is 6.54 Å². The van der Waals surface area contributed by atoms with Gasteiger partial charge in [-0.2, -0.15) is 0 Å². The summed E-state index contributed by atoms with van der Waals surface area (Å²) in [5.74, 6) is -0.345. The first-order valence-corrected chi connectivity index (χ1v) is 7.54. The largest absolute Gasteiger partial charge is 0.465 e. The average molecular weight is 321 g/mol. The van der Waals surface area contributed by atoms with E-state index in [2.05, 4.69) is 10.3 Å². The Labute approximate surface area is 130 Å². The number of fused-ring (bicyclic) bond motifs is 1. The molecule has 0 radical (unpaired) electrons. The zero-order valence-corrected chi connectivity index (χ0v) is 12.8. The molecule has 0 saturated heterocycles. The second kappa shape index (κ2) is 5.79. The normalized spacial score (nSPS) is 10.8. The minimum Gasteiger partial charge on any atom is -0.465 e. The molecule has 3 aromatic rings. The number of ether oxygens (including phenoxy) is 1. The SMILES string of the molecule is COC(=O)c1cc(NCc2ccc(Cl)s2)cc2[nH]ccc12. The number of esters is 1. The van der Waals surface area contributed by atoms with Gasteiger partial charge in [0.15, 0.2) is 0 Å². The molecule has 1 aromatic carbocycles. The molecule has 0 bridgehead atoms. The Morgan fingerprint density at radius 1 is 1.38 bits per heavy atom. The first-order valence-electron chi connectivity index (χ1n) is 6.35. The van der Waals surface area contributed by atoms with Gasteiger partial charge in [0, 0.05) is 34.2 Å². The van der Waals surface area contributed by atoms with Crippen molar-refractivity contribution in [3.63, 3.8) is 0 Å². The van der Waals surface area contributed by atoms with Gasteiger partial charge in [0.05, 0.1) is 17.0 Å². The Morgan fingerprint density at radius 3 is 2.95 bits per heavy atom. The number of thiophene rings is 1. The van der Waals surface area contributed by atoms with Crippen molar-refractivity contribution in [2.75, 3.05) is 12.4 Å². The minimum absolute atomic E-state index is 0.345. The molecule has 21 heavy (non-hydrogen) atoms. The number of hydrogen-bond donors (Lipinski definition) is 2. The molecule has 0 spiro atoms. The summed E-state index contributed by atoms with van der Waals surface area (Å²) < 4.78 is 5.60. The third-order valence-electron chi connectivity index (χ3n) is 3.17. The molecule has 2 N–H and O–H groups in total. The van der Waals surface area contributed by atoms with Gasteiger partial charge in [-0.15, -0.1) is 11.3 Å². The Bertz CT molecular complexity index is 794. The Morgan fingerprint density at radius 2 is 2.24 bits per heavy atom. The van der Waals surface area contributed by atoms with Crippen LogP contribution < -0.4 is 5.32 Å². The summed E-state index contributed by atoms with van der Waals surface area (Å²) in [6.45, 7) is 0.657. The van der Waals surface area contributed by atoms with E-state index in [4.69, 9.17) is 16.3 Å². The van der Waals surface area contributed by atoms with Gasteiger partial charge in [-0.25, -0.2) is 4.79 Å². The van der Waals surface area contributed by atoms with Gasteiger partial charge < -0.3 is 15.0 Å². The number of benzene rings is 1. The summed E-state index contributed by atoms with van der Waals surface area (Å²) in [6, 6.07) is 9.49. The van der Waals surface area contributed by atoms with E-state index in [1.54, 1.807) is 12.3 Å². The number of aromatic amines is 1. The molecule has 0 aliphatic heterocycles. The summed E-state index contributed by atoms with van der Waals surface area (Å²) in [7, 11) is 1.38. The van der Waals surface area contributed by atoms with Gasteiger partial charge in [0.25, 0.3) is 0 Å². The van der Waals surface area contributed by atoms with Gasteiger partial charge in [-0.05, 0) is 30.3 Å². The van der Waals surface area contributed by atoms with Gasteiger partial charge in [-0.1, -0.05) is 11.6 Å². The van der Waals surface area contributed by atoms with Crippen LogP contribution in [0.25, 0.3) is 10.9 Å². The molecule has 0 unspecified atom stereocenters. The quantitative estimate of drug-likeness (QED) is 0.705. The molecule has 2 heterocycles. The molecule has 0 fully saturated rings. The zero-order chi connectivity index (χ0) is 14.8. The first-order chi connectivity index (χ1) is 10.2. The number of nitrogens with one attached hydrogen (secondary N) is 2. The first kappa shape index (κ1) is 14.0. The van der Waals surface area contributed by atoms with Crippen molar-refractivity contribution in [1.82, 2.24) is 4.98 Å². The van der Waals surface area contributed by atoms with E-state index < -0.39 is 0 Å². The minimum atomic E-state index is -0.345. The van der Waals surface area contributed by atoms with Crippen LogP contribution in [0.3, 0.4) is 0 Å². The maximum absolute atomic E-state index is 11.9. The van der Waals surface area contributed by atoms with E-state index >= 15 is 0 Å². The summed E-state index contributed by atoms with van der Waals surface area (Å²) in [5, 5.41) is 4.15. The molecule has 4 nitrogen and oxygen atoms in total. The van der Waals surface area contributed by atoms with Crippen LogP contribution in [0.4, 0.5) is 5.69 Å². The molecule has 6 heteroatoms. The van der Waals surface area contributed by atoms with E-state index in [9.17, 15) is 4.79 Å². The average Bonchev–Trinajstić information content (AvgIpc) is 3.11. The highest BCUT2D eigenvalue weighted by Gasteiger charge is 2.13. The lowest BCUT2D eigenvalue weighted by atomic mass is 10.1.